The van der Waals surface area contributed by atoms with Gasteiger partial charge in [-0.15, -0.1) is 0 Å². The normalized spacial score (nSPS) is 21.1. The predicted molar refractivity (Wildman–Crippen MR) is 108 cm³/mol. The van der Waals surface area contributed by atoms with Crippen LogP contribution in [-0.4, -0.2) is 56.2 Å². The molecule has 4 rings (SSSR count). The average Bonchev–Trinajstić information content (AvgIpc) is 2.83. The highest BCUT2D eigenvalue weighted by Gasteiger charge is 2.30. The molecule has 0 radical (unpaired) electrons. The maximum atomic E-state index is 6.38. The maximum absolute atomic E-state index is 6.38. The molecular weight excluding hydrogens is 364 g/mol. The summed E-state index contributed by atoms with van der Waals surface area (Å²) in [6.45, 7) is 6.22. The van der Waals surface area contributed by atoms with E-state index in [1.807, 2.05) is 17.8 Å². The van der Waals surface area contributed by atoms with E-state index in [2.05, 4.69) is 46.2 Å². The van der Waals surface area contributed by atoms with E-state index in [1.54, 1.807) is 7.11 Å². The number of ether oxygens (including phenoxy) is 1. The van der Waals surface area contributed by atoms with Crippen LogP contribution in [0.15, 0.2) is 52.3 Å². The Balaban J connectivity index is 1.60. The van der Waals surface area contributed by atoms with Crippen molar-refractivity contribution >= 4 is 23.4 Å². The summed E-state index contributed by atoms with van der Waals surface area (Å²) < 4.78 is 5.23. The van der Waals surface area contributed by atoms with Crippen molar-refractivity contribution in [1.29, 1.82) is 0 Å². The Kier molecular flexibility index (Phi) is 5.87. The van der Waals surface area contributed by atoms with Gasteiger partial charge in [-0.25, -0.2) is 0 Å². The van der Waals surface area contributed by atoms with Crippen LogP contribution in [0.25, 0.3) is 0 Å². The van der Waals surface area contributed by atoms with E-state index in [-0.39, 0.29) is 0 Å². The lowest BCUT2D eigenvalue weighted by Crippen LogP contribution is -2.48. The number of hydrogen-bond acceptors (Lipinski definition) is 4. The zero-order valence-electron chi connectivity index (χ0n) is 15.2. The minimum Gasteiger partial charge on any atom is -0.383 e. The molecule has 1 saturated heterocycles. The molecule has 2 aromatic rings. The van der Waals surface area contributed by atoms with E-state index in [0.717, 1.165) is 50.8 Å². The van der Waals surface area contributed by atoms with Crippen molar-refractivity contribution in [3.63, 3.8) is 0 Å². The number of piperazine rings is 1. The fourth-order valence-corrected chi connectivity index (χ4v) is 5.22. The molecular formula is C21H25ClN2OS. The van der Waals surface area contributed by atoms with Crippen LogP contribution in [0.3, 0.4) is 0 Å². The number of hydrogen-bond donors (Lipinski definition) is 0. The molecule has 2 aliphatic heterocycles. The van der Waals surface area contributed by atoms with Crippen LogP contribution < -0.4 is 0 Å². The molecule has 26 heavy (non-hydrogen) atoms. The quantitative estimate of drug-likeness (QED) is 0.773. The number of halogens is 1. The van der Waals surface area contributed by atoms with Crippen LogP contribution in [0.1, 0.15) is 17.2 Å². The number of rotatable bonds is 4. The summed E-state index contributed by atoms with van der Waals surface area (Å²) in [6.07, 6.45) is 1.05. The molecule has 0 N–H and O–H groups in total. The van der Waals surface area contributed by atoms with Gasteiger partial charge >= 0.3 is 0 Å². The van der Waals surface area contributed by atoms with Crippen molar-refractivity contribution in [2.24, 2.45) is 0 Å². The van der Waals surface area contributed by atoms with Gasteiger partial charge in [-0.3, -0.25) is 9.80 Å². The lowest BCUT2D eigenvalue weighted by molar-refractivity contribution is 0.0734. The molecule has 0 unspecified atom stereocenters. The Labute approximate surface area is 165 Å². The Morgan fingerprint density at radius 3 is 2.69 bits per heavy atom. The van der Waals surface area contributed by atoms with Crippen LogP contribution in [0.5, 0.6) is 0 Å². The zero-order chi connectivity index (χ0) is 17.9. The van der Waals surface area contributed by atoms with Crippen LogP contribution in [-0.2, 0) is 11.2 Å². The summed E-state index contributed by atoms with van der Waals surface area (Å²) in [7, 11) is 1.78. The summed E-state index contributed by atoms with van der Waals surface area (Å²) >= 11 is 8.26. The van der Waals surface area contributed by atoms with E-state index < -0.39 is 0 Å². The second kappa shape index (κ2) is 8.32. The first-order valence-corrected chi connectivity index (χ1v) is 10.4. The lowest BCUT2D eigenvalue weighted by Gasteiger charge is -2.39. The monoisotopic (exact) mass is 388 g/mol. The number of fused-ring (bicyclic) bond motifs is 2. The van der Waals surface area contributed by atoms with Crippen LogP contribution in [0.2, 0.25) is 5.02 Å². The SMILES string of the molecule is COCCN1CCN([C@@H]2Cc3ccccc3Sc3ccc(Cl)cc32)CC1. The molecule has 0 amide bonds. The van der Waals surface area contributed by atoms with E-state index in [0.29, 0.717) is 6.04 Å². The highest BCUT2D eigenvalue weighted by atomic mass is 35.5. The third-order valence-corrected chi connectivity index (χ3v) is 6.84. The number of benzene rings is 2. The number of methoxy groups -OCH3 is 1. The molecule has 5 heteroatoms. The largest absolute Gasteiger partial charge is 0.383 e. The molecule has 2 aromatic carbocycles. The summed E-state index contributed by atoms with van der Waals surface area (Å²) in [5.74, 6) is 0. The standard InChI is InChI=1S/C21H25ClN2OS/c1-25-13-12-23-8-10-24(11-9-23)19-14-16-4-2-3-5-20(16)26-21-7-6-17(22)15-18(19)21/h2-7,15,19H,8-14H2,1H3/t19-/m1/s1. The predicted octanol–water partition coefficient (Wildman–Crippen LogP) is 4.35. The van der Waals surface area contributed by atoms with Crippen molar-refractivity contribution < 1.29 is 4.74 Å². The van der Waals surface area contributed by atoms with Gasteiger partial charge in [-0.2, -0.15) is 0 Å². The summed E-state index contributed by atoms with van der Waals surface area (Å²) in [4.78, 5) is 7.85. The molecule has 2 aliphatic rings. The van der Waals surface area contributed by atoms with E-state index >= 15 is 0 Å². The summed E-state index contributed by atoms with van der Waals surface area (Å²) in [6, 6.07) is 15.6. The van der Waals surface area contributed by atoms with Crippen molar-refractivity contribution in [2.75, 3.05) is 46.4 Å². The van der Waals surface area contributed by atoms with Gasteiger partial charge in [0.25, 0.3) is 0 Å². The average molecular weight is 389 g/mol. The highest BCUT2D eigenvalue weighted by molar-refractivity contribution is 7.99. The molecule has 0 saturated carbocycles. The van der Waals surface area contributed by atoms with Gasteiger partial charge in [0.2, 0.25) is 0 Å². The first kappa shape index (κ1) is 18.3. The molecule has 2 heterocycles. The van der Waals surface area contributed by atoms with Crippen LogP contribution in [0, 0.1) is 0 Å². The van der Waals surface area contributed by atoms with E-state index in [1.165, 1.54) is 20.9 Å². The first-order valence-electron chi connectivity index (χ1n) is 9.25. The Morgan fingerprint density at radius 1 is 1.08 bits per heavy atom. The molecule has 0 spiro atoms. The molecule has 1 atom stereocenters. The minimum atomic E-state index is 0.393. The van der Waals surface area contributed by atoms with Gasteiger partial charge in [-0.05, 0) is 41.8 Å². The molecule has 3 nitrogen and oxygen atoms in total. The number of nitrogens with zero attached hydrogens (tertiary/aromatic N) is 2. The second-order valence-corrected chi connectivity index (χ2v) is 8.50. The summed E-state index contributed by atoms with van der Waals surface area (Å²) in [5.41, 5.74) is 2.82. The lowest BCUT2D eigenvalue weighted by atomic mass is 9.96. The van der Waals surface area contributed by atoms with E-state index in [4.69, 9.17) is 16.3 Å². The van der Waals surface area contributed by atoms with Gasteiger partial charge in [-0.1, -0.05) is 41.6 Å². The molecule has 0 aliphatic carbocycles. The Hall–Kier alpha value is -1.04. The molecule has 0 aromatic heterocycles. The maximum Gasteiger partial charge on any atom is 0.0589 e. The van der Waals surface area contributed by atoms with Crippen molar-refractivity contribution in [3.8, 4) is 0 Å². The second-order valence-electron chi connectivity index (χ2n) is 6.98. The van der Waals surface area contributed by atoms with E-state index in [9.17, 15) is 0 Å². The fraction of sp³-hybridized carbons (Fsp3) is 0.429. The van der Waals surface area contributed by atoms with Gasteiger partial charge in [0.05, 0.1) is 6.61 Å². The minimum absolute atomic E-state index is 0.393. The van der Waals surface area contributed by atoms with Gasteiger partial charge in [0, 0.05) is 60.7 Å². The fourth-order valence-electron chi connectivity index (χ4n) is 3.93. The molecule has 138 valence electrons. The van der Waals surface area contributed by atoms with Gasteiger partial charge in [0.15, 0.2) is 0 Å². The Bertz CT molecular complexity index is 761. The topological polar surface area (TPSA) is 15.7 Å². The Morgan fingerprint density at radius 2 is 1.88 bits per heavy atom. The summed E-state index contributed by atoms with van der Waals surface area (Å²) in [5, 5.41) is 0.832. The van der Waals surface area contributed by atoms with Crippen molar-refractivity contribution in [1.82, 2.24) is 9.80 Å². The smallest absolute Gasteiger partial charge is 0.0589 e. The van der Waals surface area contributed by atoms with Crippen molar-refractivity contribution in [3.05, 3.63) is 58.6 Å². The zero-order valence-corrected chi connectivity index (χ0v) is 16.7. The van der Waals surface area contributed by atoms with Crippen LogP contribution in [0.4, 0.5) is 0 Å². The van der Waals surface area contributed by atoms with Gasteiger partial charge < -0.3 is 4.74 Å². The molecule has 1 fully saturated rings. The molecule has 0 bridgehead atoms. The third kappa shape index (κ3) is 3.95. The van der Waals surface area contributed by atoms with Crippen molar-refractivity contribution in [2.45, 2.75) is 22.3 Å². The van der Waals surface area contributed by atoms with Crippen LogP contribution >= 0.6 is 23.4 Å². The highest BCUT2D eigenvalue weighted by Crippen LogP contribution is 2.43. The first-order chi connectivity index (χ1) is 12.7. The van der Waals surface area contributed by atoms with Gasteiger partial charge in [0.1, 0.15) is 0 Å². The third-order valence-electron chi connectivity index (χ3n) is 5.40.